The van der Waals surface area contributed by atoms with Gasteiger partial charge in [-0.05, 0) is 64.6 Å². The maximum Gasteiger partial charge on any atom is 0.0478 e. The van der Waals surface area contributed by atoms with E-state index in [1.54, 1.807) is 0 Å². The van der Waals surface area contributed by atoms with E-state index in [1.165, 1.54) is 33.2 Å². The molecule has 0 radical (unpaired) electrons. The number of anilines is 1. The smallest absolute Gasteiger partial charge is 0.0478 e. The third-order valence-corrected chi connectivity index (χ3v) is 4.36. The first kappa shape index (κ1) is 12.0. The summed E-state index contributed by atoms with van der Waals surface area (Å²) in [6.07, 6.45) is 2.72. The molecule has 2 aromatic rings. The molecule has 1 saturated carbocycles. The van der Waals surface area contributed by atoms with Crippen LogP contribution in [0.1, 0.15) is 29.9 Å². The van der Waals surface area contributed by atoms with Crippen LogP contribution in [-0.2, 0) is 6.54 Å². The minimum absolute atomic E-state index is 0.817. The maximum atomic E-state index is 3.54. The van der Waals surface area contributed by atoms with Crippen LogP contribution in [0.25, 0.3) is 0 Å². The van der Waals surface area contributed by atoms with Crippen LogP contribution in [0.2, 0.25) is 0 Å². The van der Waals surface area contributed by atoms with Crippen molar-refractivity contribution in [3.05, 3.63) is 63.2 Å². The summed E-state index contributed by atoms with van der Waals surface area (Å²) in [7, 11) is 0. The normalized spacial score (nSPS) is 14.5. The van der Waals surface area contributed by atoms with Gasteiger partial charge in [-0.3, -0.25) is 0 Å². The highest BCUT2D eigenvalue weighted by Gasteiger charge is 2.25. The molecule has 0 atom stereocenters. The van der Waals surface area contributed by atoms with E-state index >= 15 is 0 Å². The number of rotatable bonds is 4. The van der Waals surface area contributed by atoms with Gasteiger partial charge in [-0.1, -0.05) is 36.4 Å². The van der Waals surface area contributed by atoms with Gasteiger partial charge in [-0.25, -0.2) is 0 Å². The molecule has 1 N–H and O–H groups in total. The monoisotopic (exact) mass is 349 g/mol. The lowest BCUT2D eigenvalue weighted by Gasteiger charge is -2.12. The van der Waals surface area contributed by atoms with Crippen LogP contribution < -0.4 is 5.32 Å². The molecule has 2 aromatic carbocycles. The second kappa shape index (κ2) is 5.31. The summed E-state index contributed by atoms with van der Waals surface area (Å²) in [5.74, 6) is 0.817. The van der Waals surface area contributed by atoms with E-state index in [9.17, 15) is 0 Å². The number of nitrogens with one attached hydrogen (secondary N) is 1. The van der Waals surface area contributed by atoms with Crippen LogP contribution in [0.4, 0.5) is 5.69 Å². The number of para-hydroxylation sites is 1. The number of hydrogen-bond acceptors (Lipinski definition) is 1. The van der Waals surface area contributed by atoms with Crippen molar-refractivity contribution < 1.29 is 0 Å². The van der Waals surface area contributed by atoms with Gasteiger partial charge in [0.2, 0.25) is 0 Å². The van der Waals surface area contributed by atoms with E-state index in [1.807, 2.05) is 0 Å². The van der Waals surface area contributed by atoms with Crippen LogP contribution in [-0.4, -0.2) is 0 Å². The second-order valence-electron chi connectivity index (χ2n) is 4.81. The Labute approximate surface area is 122 Å². The van der Waals surface area contributed by atoms with Crippen LogP contribution in [0.15, 0.2) is 48.5 Å². The molecule has 2 heteroatoms. The lowest BCUT2D eigenvalue weighted by atomic mass is 10.0. The molecule has 0 saturated heterocycles. The highest BCUT2D eigenvalue weighted by Crippen LogP contribution is 2.41. The molecule has 0 aliphatic heterocycles. The molecule has 92 valence electrons. The van der Waals surface area contributed by atoms with Gasteiger partial charge < -0.3 is 5.32 Å². The Morgan fingerprint density at radius 3 is 2.50 bits per heavy atom. The van der Waals surface area contributed by atoms with Gasteiger partial charge in [-0.15, -0.1) is 0 Å². The van der Waals surface area contributed by atoms with Crippen molar-refractivity contribution in [2.45, 2.75) is 25.3 Å². The highest BCUT2D eigenvalue weighted by atomic mass is 127. The molecular weight excluding hydrogens is 333 g/mol. The average molecular weight is 349 g/mol. The first-order valence-electron chi connectivity index (χ1n) is 6.41. The van der Waals surface area contributed by atoms with Gasteiger partial charge in [-0.2, -0.15) is 0 Å². The molecule has 1 fully saturated rings. The Bertz CT molecular complexity index is 546. The summed E-state index contributed by atoms with van der Waals surface area (Å²) in [6.45, 7) is 0.923. The molecule has 0 heterocycles. The first-order valence-corrected chi connectivity index (χ1v) is 7.48. The molecule has 0 unspecified atom stereocenters. The Morgan fingerprint density at radius 2 is 1.72 bits per heavy atom. The second-order valence-corrected chi connectivity index (χ2v) is 5.97. The van der Waals surface area contributed by atoms with Crippen LogP contribution in [0, 0.1) is 3.57 Å². The van der Waals surface area contributed by atoms with Gasteiger partial charge in [0.1, 0.15) is 0 Å². The number of benzene rings is 2. The molecule has 1 nitrogen and oxygen atoms in total. The molecular formula is C16H16IN. The van der Waals surface area contributed by atoms with Crippen LogP contribution in [0.3, 0.4) is 0 Å². The minimum atomic E-state index is 0.817. The maximum absolute atomic E-state index is 3.54. The third kappa shape index (κ3) is 2.69. The zero-order valence-electron chi connectivity index (χ0n) is 10.2. The Balaban J connectivity index is 1.75. The predicted molar refractivity (Wildman–Crippen MR) is 84.9 cm³/mol. The van der Waals surface area contributed by atoms with Crippen molar-refractivity contribution in [1.82, 2.24) is 0 Å². The molecule has 0 bridgehead atoms. The van der Waals surface area contributed by atoms with Gasteiger partial charge in [0, 0.05) is 15.8 Å². The van der Waals surface area contributed by atoms with E-state index in [-0.39, 0.29) is 0 Å². The fourth-order valence-corrected chi connectivity index (χ4v) is 2.86. The Morgan fingerprint density at radius 1 is 1.00 bits per heavy atom. The number of halogens is 1. The molecule has 0 spiro atoms. The molecule has 0 amide bonds. The van der Waals surface area contributed by atoms with Gasteiger partial charge >= 0.3 is 0 Å². The van der Waals surface area contributed by atoms with Crippen LogP contribution >= 0.6 is 22.6 Å². The third-order valence-electron chi connectivity index (χ3n) is 3.42. The largest absolute Gasteiger partial charge is 0.380 e. The lowest BCUT2D eigenvalue weighted by molar-refractivity contribution is 1.03. The lowest BCUT2D eigenvalue weighted by Crippen LogP contribution is -2.03. The minimum Gasteiger partial charge on any atom is -0.380 e. The topological polar surface area (TPSA) is 12.0 Å². The number of hydrogen-bond donors (Lipinski definition) is 1. The zero-order chi connectivity index (χ0) is 12.4. The van der Waals surface area contributed by atoms with Gasteiger partial charge in [0.05, 0.1) is 0 Å². The standard InChI is InChI=1S/C16H16IN/c17-15-7-3-4-8-16(15)18-11-13-5-1-2-6-14(13)12-9-10-12/h1-8,12,18H,9-11H2. The van der Waals surface area contributed by atoms with E-state index in [0.717, 1.165) is 12.5 Å². The van der Waals surface area contributed by atoms with Gasteiger partial charge in [0.25, 0.3) is 0 Å². The summed E-state index contributed by atoms with van der Waals surface area (Å²) >= 11 is 2.38. The SMILES string of the molecule is Ic1ccccc1NCc1ccccc1C1CC1. The highest BCUT2D eigenvalue weighted by molar-refractivity contribution is 14.1. The van der Waals surface area contributed by atoms with Crippen molar-refractivity contribution in [3.8, 4) is 0 Å². The van der Waals surface area contributed by atoms with Crippen molar-refractivity contribution in [2.24, 2.45) is 0 Å². The van der Waals surface area contributed by atoms with E-state index in [0.29, 0.717) is 0 Å². The van der Waals surface area contributed by atoms with Crippen molar-refractivity contribution >= 4 is 28.3 Å². The zero-order valence-corrected chi connectivity index (χ0v) is 12.4. The van der Waals surface area contributed by atoms with Crippen molar-refractivity contribution in [2.75, 3.05) is 5.32 Å². The fourth-order valence-electron chi connectivity index (χ4n) is 2.28. The fraction of sp³-hybridized carbons (Fsp3) is 0.250. The summed E-state index contributed by atoms with van der Waals surface area (Å²) in [5.41, 5.74) is 4.21. The molecule has 1 aliphatic rings. The van der Waals surface area contributed by atoms with Crippen molar-refractivity contribution in [1.29, 1.82) is 0 Å². The Hall–Kier alpha value is -1.03. The van der Waals surface area contributed by atoms with Crippen LogP contribution in [0.5, 0.6) is 0 Å². The Kier molecular flexibility index (Phi) is 3.55. The molecule has 1 aliphatic carbocycles. The first-order chi connectivity index (χ1) is 8.84. The summed E-state index contributed by atoms with van der Waals surface area (Å²) in [6, 6.07) is 17.3. The summed E-state index contributed by atoms with van der Waals surface area (Å²) in [5, 5.41) is 3.54. The van der Waals surface area contributed by atoms with E-state index in [2.05, 4.69) is 76.4 Å². The summed E-state index contributed by atoms with van der Waals surface area (Å²) < 4.78 is 1.28. The molecule has 18 heavy (non-hydrogen) atoms. The van der Waals surface area contributed by atoms with E-state index in [4.69, 9.17) is 0 Å². The van der Waals surface area contributed by atoms with E-state index < -0.39 is 0 Å². The van der Waals surface area contributed by atoms with Crippen molar-refractivity contribution in [3.63, 3.8) is 0 Å². The summed E-state index contributed by atoms with van der Waals surface area (Å²) in [4.78, 5) is 0. The average Bonchev–Trinajstić information content (AvgIpc) is 3.23. The molecule has 0 aromatic heterocycles. The quantitative estimate of drug-likeness (QED) is 0.784. The predicted octanol–water partition coefficient (Wildman–Crippen LogP) is 4.78. The molecule has 3 rings (SSSR count). The van der Waals surface area contributed by atoms with Gasteiger partial charge in [0.15, 0.2) is 0 Å².